The summed E-state index contributed by atoms with van der Waals surface area (Å²) in [4.78, 5) is 13.4. The fraction of sp³-hybridized carbons (Fsp3) is 0.611. The van der Waals surface area contributed by atoms with E-state index >= 15 is 0 Å². The second-order valence-corrected chi connectivity index (χ2v) is 7.73. The highest BCUT2D eigenvalue weighted by Gasteiger charge is 2.54. The number of rotatable bonds is 0. The molecule has 1 aromatic rings. The lowest BCUT2D eigenvalue weighted by molar-refractivity contribution is -0.129. The Morgan fingerprint density at radius 3 is 2.90 bits per heavy atom. The normalized spacial score (nSPS) is 39.1. The third-order valence-corrected chi connectivity index (χ3v) is 6.70. The molecular formula is C18H22OS. The quantitative estimate of drug-likeness (QED) is 0.699. The van der Waals surface area contributed by atoms with Crippen molar-refractivity contribution in [2.75, 3.05) is 0 Å². The van der Waals surface area contributed by atoms with Gasteiger partial charge in [-0.25, -0.2) is 0 Å². The van der Waals surface area contributed by atoms with Gasteiger partial charge in [-0.15, -0.1) is 12.6 Å². The van der Waals surface area contributed by atoms with Gasteiger partial charge in [0.05, 0.1) is 0 Å². The van der Waals surface area contributed by atoms with Gasteiger partial charge in [0.15, 0.2) is 0 Å². The van der Waals surface area contributed by atoms with E-state index in [1.54, 1.807) is 5.56 Å². The fourth-order valence-electron chi connectivity index (χ4n) is 5.34. The summed E-state index contributed by atoms with van der Waals surface area (Å²) in [5, 5.41) is 0. The third kappa shape index (κ3) is 1.67. The van der Waals surface area contributed by atoms with Gasteiger partial charge in [0, 0.05) is 16.7 Å². The molecule has 0 aliphatic heterocycles. The number of hydrogen-bond acceptors (Lipinski definition) is 2. The van der Waals surface area contributed by atoms with Crippen LogP contribution < -0.4 is 0 Å². The van der Waals surface area contributed by atoms with Gasteiger partial charge in [-0.05, 0) is 73.1 Å². The van der Waals surface area contributed by atoms with Crippen molar-refractivity contribution in [2.24, 2.45) is 17.3 Å². The minimum absolute atomic E-state index is 0.00214. The van der Waals surface area contributed by atoms with Crippen molar-refractivity contribution in [1.29, 1.82) is 0 Å². The van der Waals surface area contributed by atoms with Crippen molar-refractivity contribution in [3.8, 4) is 0 Å². The molecule has 1 nitrogen and oxygen atoms in total. The van der Waals surface area contributed by atoms with Crippen molar-refractivity contribution in [3.05, 3.63) is 29.3 Å². The van der Waals surface area contributed by atoms with Gasteiger partial charge in [-0.1, -0.05) is 13.0 Å². The third-order valence-electron chi connectivity index (χ3n) is 6.42. The zero-order valence-corrected chi connectivity index (χ0v) is 13.0. The summed E-state index contributed by atoms with van der Waals surface area (Å²) in [5.74, 6) is 2.60. The fourth-order valence-corrected chi connectivity index (χ4v) is 5.57. The standard InChI is InChI=1S/C18H22OS/c1-18-9-8-14-13-5-3-12(20)10-11(13)2-4-15(14)16(18)6-7-17(18)19/h3,5,10,14-16,20H,2,4,6-9H2,1H3/t14-,15-,16+,18+/m1/s1. The number of fused-ring (bicyclic) bond motifs is 5. The smallest absolute Gasteiger partial charge is 0.139 e. The molecule has 4 rings (SSSR count). The molecule has 4 atom stereocenters. The number of carbonyl (C=O) groups is 1. The van der Waals surface area contributed by atoms with E-state index in [0.717, 1.165) is 30.1 Å². The maximum atomic E-state index is 12.3. The molecule has 0 unspecified atom stereocenters. The molecule has 0 saturated heterocycles. The maximum Gasteiger partial charge on any atom is 0.139 e. The first-order chi connectivity index (χ1) is 9.59. The summed E-state index contributed by atoms with van der Waals surface area (Å²) in [7, 11) is 0. The van der Waals surface area contributed by atoms with E-state index in [9.17, 15) is 4.79 Å². The van der Waals surface area contributed by atoms with Crippen LogP contribution in [0.15, 0.2) is 23.1 Å². The van der Waals surface area contributed by atoms with Crippen LogP contribution in [-0.2, 0) is 11.2 Å². The first-order valence-electron chi connectivity index (χ1n) is 7.95. The molecule has 0 aromatic heterocycles. The van der Waals surface area contributed by atoms with Crippen LogP contribution in [0.2, 0.25) is 0 Å². The molecule has 0 amide bonds. The van der Waals surface area contributed by atoms with Crippen LogP contribution >= 0.6 is 12.6 Å². The van der Waals surface area contributed by atoms with Gasteiger partial charge in [-0.2, -0.15) is 0 Å². The number of thiol groups is 1. The number of aryl methyl sites for hydroxylation is 1. The van der Waals surface area contributed by atoms with Gasteiger partial charge in [0.2, 0.25) is 0 Å². The highest BCUT2D eigenvalue weighted by atomic mass is 32.1. The Labute approximate surface area is 126 Å². The summed E-state index contributed by atoms with van der Waals surface area (Å²) in [6.45, 7) is 2.25. The first kappa shape index (κ1) is 12.9. The summed E-state index contributed by atoms with van der Waals surface area (Å²) in [5.41, 5.74) is 3.06. The van der Waals surface area contributed by atoms with Crippen LogP contribution in [0.5, 0.6) is 0 Å². The van der Waals surface area contributed by atoms with E-state index in [4.69, 9.17) is 0 Å². The molecule has 106 valence electrons. The second-order valence-electron chi connectivity index (χ2n) is 7.22. The zero-order valence-electron chi connectivity index (χ0n) is 12.1. The van der Waals surface area contributed by atoms with Crippen LogP contribution in [0, 0.1) is 17.3 Å². The molecular weight excluding hydrogens is 264 g/mol. The van der Waals surface area contributed by atoms with E-state index in [-0.39, 0.29) is 5.41 Å². The minimum atomic E-state index is 0.00214. The lowest BCUT2D eigenvalue weighted by Gasteiger charge is -2.48. The van der Waals surface area contributed by atoms with Crippen LogP contribution in [0.3, 0.4) is 0 Å². The Balaban J connectivity index is 1.73. The monoisotopic (exact) mass is 286 g/mol. The molecule has 0 heterocycles. The molecule has 20 heavy (non-hydrogen) atoms. The molecule has 2 saturated carbocycles. The molecule has 3 aliphatic carbocycles. The first-order valence-corrected chi connectivity index (χ1v) is 8.39. The lowest BCUT2D eigenvalue weighted by Crippen LogP contribution is -2.42. The summed E-state index contributed by atoms with van der Waals surface area (Å²) in [6, 6.07) is 6.69. The topological polar surface area (TPSA) is 17.1 Å². The molecule has 3 aliphatic rings. The Bertz CT molecular complexity index is 579. The SMILES string of the molecule is C[C@]12CC[C@@H]3c4ccc(S)cc4CC[C@H]3[C@@H]1CCC2=O. The maximum absolute atomic E-state index is 12.3. The molecule has 2 heteroatoms. The van der Waals surface area contributed by atoms with E-state index in [0.29, 0.717) is 17.6 Å². The largest absolute Gasteiger partial charge is 0.299 e. The molecule has 2 fully saturated rings. The number of ketones is 1. The van der Waals surface area contributed by atoms with Crippen molar-refractivity contribution < 1.29 is 4.79 Å². The molecule has 0 radical (unpaired) electrons. The van der Waals surface area contributed by atoms with Crippen LogP contribution in [0.4, 0.5) is 0 Å². The van der Waals surface area contributed by atoms with E-state index in [1.807, 2.05) is 0 Å². The highest BCUT2D eigenvalue weighted by molar-refractivity contribution is 7.80. The highest BCUT2D eigenvalue weighted by Crippen LogP contribution is 2.59. The zero-order chi connectivity index (χ0) is 13.9. The number of hydrogen-bond donors (Lipinski definition) is 1. The Morgan fingerprint density at radius 2 is 2.05 bits per heavy atom. The average Bonchev–Trinajstić information content (AvgIpc) is 2.74. The van der Waals surface area contributed by atoms with Gasteiger partial charge in [-0.3, -0.25) is 4.79 Å². The summed E-state index contributed by atoms with van der Waals surface area (Å²) < 4.78 is 0. The van der Waals surface area contributed by atoms with Crippen molar-refractivity contribution in [2.45, 2.75) is 56.3 Å². The van der Waals surface area contributed by atoms with Crippen molar-refractivity contribution in [1.82, 2.24) is 0 Å². The number of Topliss-reactive ketones (excluding diaryl/α,β-unsaturated/α-hetero) is 1. The van der Waals surface area contributed by atoms with Gasteiger partial charge in [0.25, 0.3) is 0 Å². The predicted octanol–water partition coefficient (Wildman–Crippen LogP) is 4.40. The number of carbonyl (C=O) groups excluding carboxylic acids is 1. The lowest BCUT2D eigenvalue weighted by atomic mass is 9.55. The van der Waals surface area contributed by atoms with Crippen molar-refractivity contribution >= 4 is 18.4 Å². The van der Waals surface area contributed by atoms with Crippen molar-refractivity contribution in [3.63, 3.8) is 0 Å². The van der Waals surface area contributed by atoms with Crippen LogP contribution in [0.1, 0.15) is 56.1 Å². The van der Waals surface area contributed by atoms with E-state index < -0.39 is 0 Å². The predicted molar refractivity (Wildman–Crippen MR) is 83.3 cm³/mol. The molecule has 0 spiro atoms. The Kier molecular flexibility index (Phi) is 2.82. The summed E-state index contributed by atoms with van der Waals surface area (Å²) in [6.07, 6.45) is 6.69. The van der Waals surface area contributed by atoms with Crippen LogP contribution in [-0.4, -0.2) is 5.78 Å². The Morgan fingerprint density at radius 1 is 1.20 bits per heavy atom. The van der Waals surface area contributed by atoms with Gasteiger partial charge in [0.1, 0.15) is 5.78 Å². The molecule has 0 bridgehead atoms. The summed E-state index contributed by atoms with van der Waals surface area (Å²) >= 11 is 4.48. The van der Waals surface area contributed by atoms with E-state index in [2.05, 4.69) is 37.8 Å². The Hall–Kier alpha value is -0.760. The minimum Gasteiger partial charge on any atom is -0.299 e. The molecule has 0 N–H and O–H groups in total. The average molecular weight is 286 g/mol. The van der Waals surface area contributed by atoms with Gasteiger partial charge >= 0.3 is 0 Å². The van der Waals surface area contributed by atoms with Gasteiger partial charge < -0.3 is 0 Å². The number of benzene rings is 1. The second kappa shape index (κ2) is 4.37. The van der Waals surface area contributed by atoms with Crippen LogP contribution in [0.25, 0.3) is 0 Å². The molecule has 1 aromatic carbocycles. The van der Waals surface area contributed by atoms with E-state index in [1.165, 1.54) is 24.8 Å².